The molecule has 0 bridgehead atoms. The number of ether oxygens (including phenoxy) is 1. The topological polar surface area (TPSA) is 96.3 Å². The molecule has 140 valence electrons. The lowest BCUT2D eigenvalue weighted by Gasteiger charge is -2.32. The molecule has 1 atom stereocenters. The van der Waals surface area contributed by atoms with Crippen LogP contribution in [0.15, 0.2) is 47.2 Å². The smallest absolute Gasteiger partial charge is 0.272 e. The van der Waals surface area contributed by atoms with Crippen LogP contribution in [0.2, 0.25) is 0 Å². The molecule has 8 nitrogen and oxygen atoms in total. The fourth-order valence-electron chi connectivity index (χ4n) is 3.00. The van der Waals surface area contributed by atoms with E-state index in [1.807, 2.05) is 12.1 Å². The number of amides is 1. The number of anilines is 1. The fraction of sp³-hybridized carbons (Fsp3) is 0.316. The lowest BCUT2D eigenvalue weighted by Crippen LogP contribution is -2.41. The highest BCUT2D eigenvalue weighted by molar-refractivity contribution is 5.93. The molecule has 0 aliphatic carbocycles. The summed E-state index contributed by atoms with van der Waals surface area (Å²) in [6.07, 6.45) is 3.57. The summed E-state index contributed by atoms with van der Waals surface area (Å²) in [6, 6.07) is 9.20. The number of morpholine rings is 1. The van der Waals surface area contributed by atoms with E-state index in [9.17, 15) is 4.79 Å². The number of nitrogens with one attached hydrogen (secondary N) is 2. The van der Waals surface area contributed by atoms with Crippen molar-refractivity contribution in [2.45, 2.75) is 19.6 Å². The Morgan fingerprint density at radius 1 is 1.41 bits per heavy atom. The Labute approximate surface area is 156 Å². The molecule has 3 aromatic heterocycles. The molecule has 0 radical (unpaired) electrons. The third-order valence-electron chi connectivity index (χ3n) is 4.42. The SMILES string of the molecule is CC1CN(c2ccc(CNC(=O)c3cc(-c4ccco4)[nH]n3)cn2)CCO1. The summed E-state index contributed by atoms with van der Waals surface area (Å²) in [5.74, 6) is 1.31. The van der Waals surface area contributed by atoms with E-state index < -0.39 is 0 Å². The lowest BCUT2D eigenvalue weighted by molar-refractivity contribution is 0.0529. The molecule has 1 saturated heterocycles. The summed E-state index contributed by atoms with van der Waals surface area (Å²) >= 11 is 0. The summed E-state index contributed by atoms with van der Waals surface area (Å²) in [4.78, 5) is 19.0. The predicted molar refractivity (Wildman–Crippen MR) is 99.3 cm³/mol. The van der Waals surface area contributed by atoms with Crippen molar-refractivity contribution < 1.29 is 13.9 Å². The second-order valence-corrected chi connectivity index (χ2v) is 6.48. The number of hydrogen-bond acceptors (Lipinski definition) is 6. The van der Waals surface area contributed by atoms with Gasteiger partial charge < -0.3 is 19.4 Å². The average molecular weight is 367 g/mol. The number of rotatable bonds is 5. The van der Waals surface area contributed by atoms with Crippen LogP contribution in [0.4, 0.5) is 5.82 Å². The Morgan fingerprint density at radius 2 is 2.33 bits per heavy atom. The van der Waals surface area contributed by atoms with Crippen LogP contribution in [0, 0.1) is 0 Å². The number of H-pyrrole nitrogens is 1. The number of hydrogen-bond donors (Lipinski definition) is 2. The number of pyridine rings is 1. The molecule has 1 fully saturated rings. The molecular formula is C19H21N5O3. The van der Waals surface area contributed by atoms with Crippen LogP contribution in [0.3, 0.4) is 0 Å². The van der Waals surface area contributed by atoms with E-state index in [2.05, 4.69) is 32.3 Å². The molecule has 1 aliphatic rings. The van der Waals surface area contributed by atoms with Crippen LogP contribution < -0.4 is 10.2 Å². The van der Waals surface area contributed by atoms with Crippen LogP contribution in [0.1, 0.15) is 23.0 Å². The van der Waals surface area contributed by atoms with Gasteiger partial charge in [0.25, 0.3) is 5.91 Å². The first kappa shape index (κ1) is 17.3. The van der Waals surface area contributed by atoms with E-state index in [0.29, 0.717) is 30.3 Å². The molecule has 0 aromatic carbocycles. The minimum atomic E-state index is -0.255. The molecular weight excluding hydrogens is 346 g/mol. The van der Waals surface area contributed by atoms with Gasteiger partial charge in [-0.05, 0) is 30.7 Å². The highest BCUT2D eigenvalue weighted by Crippen LogP contribution is 2.18. The van der Waals surface area contributed by atoms with Crippen molar-refractivity contribution >= 4 is 11.7 Å². The summed E-state index contributed by atoms with van der Waals surface area (Å²) < 4.78 is 10.8. The normalized spacial score (nSPS) is 17.1. The average Bonchev–Trinajstić information content (AvgIpc) is 3.38. The van der Waals surface area contributed by atoms with E-state index in [1.165, 1.54) is 0 Å². The van der Waals surface area contributed by atoms with Gasteiger partial charge in [-0.25, -0.2) is 4.98 Å². The van der Waals surface area contributed by atoms with Gasteiger partial charge in [-0.15, -0.1) is 0 Å². The molecule has 1 amide bonds. The number of carbonyl (C=O) groups excluding carboxylic acids is 1. The maximum absolute atomic E-state index is 12.3. The van der Waals surface area contributed by atoms with E-state index >= 15 is 0 Å². The van der Waals surface area contributed by atoms with Gasteiger partial charge in [0.05, 0.1) is 19.0 Å². The van der Waals surface area contributed by atoms with Crippen molar-refractivity contribution in [2.75, 3.05) is 24.6 Å². The van der Waals surface area contributed by atoms with E-state index in [1.54, 1.807) is 30.7 Å². The zero-order valence-corrected chi connectivity index (χ0v) is 15.0. The van der Waals surface area contributed by atoms with Crippen molar-refractivity contribution in [1.29, 1.82) is 0 Å². The van der Waals surface area contributed by atoms with Gasteiger partial charge in [-0.3, -0.25) is 9.89 Å². The lowest BCUT2D eigenvalue weighted by atomic mass is 10.2. The van der Waals surface area contributed by atoms with E-state index in [4.69, 9.17) is 9.15 Å². The van der Waals surface area contributed by atoms with Crippen LogP contribution in [0.5, 0.6) is 0 Å². The largest absolute Gasteiger partial charge is 0.463 e. The van der Waals surface area contributed by atoms with Crippen LogP contribution in [-0.4, -0.2) is 46.9 Å². The van der Waals surface area contributed by atoms with Crippen molar-refractivity contribution in [3.63, 3.8) is 0 Å². The molecule has 2 N–H and O–H groups in total. The summed E-state index contributed by atoms with van der Waals surface area (Å²) in [5.41, 5.74) is 1.90. The second kappa shape index (κ2) is 7.63. The third kappa shape index (κ3) is 4.01. The van der Waals surface area contributed by atoms with Gasteiger partial charge in [0.1, 0.15) is 11.5 Å². The molecule has 1 unspecified atom stereocenters. The zero-order valence-electron chi connectivity index (χ0n) is 15.0. The monoisotopic (exact) mass is 367 g/mol. The van der Waals surface area contributed by atoms with Crippen LogP contribution in [0.25, 0.3) is 11.5 Å². The number of furan rings is 1. The van der Waals surface area contributed by atoms with Crippen molar-refractivity contribution in [3.8, 4) is 11.5 Å². The summed E-state index contributed by atoms with van der Waals surface area (Å²) in [7, 11) is 0. The van der Waals surface area contributed by atoms with Gasteiger partial charge in [0.15, 0.2) is 11.5 Å². The first-order valence-corrected chi connectivity index (χ1v) is 8.88. The number of carbonyl (C=O) groups is 1. The highest BCUT2D eigenvalue weighted by Gasteiger charge is 2.18. The van der Waals surface area contributed by atoms with Crippen molar-refractivity contribution in [1.82, 2.24) is 20.5 Å². The fourth-order valence-corrected chi connectivity index (χ4v) is 3.00. The quantitative estimate of drug-likeness (QED) is 0.718. The standard InChI is InChI=1S/C19H21N5O3/c1-13-12-24(6-8-26-13)18-5-4-14(10-20-18)11-21-19(25)16-9-15(22-23-16)17-3-2-7-27-17/h2-5,7,9-10,13H,6,8,11-12H2,1H3,(H,21,25)(H,22,23). The Morgan fingerprint density at radius 3 is 3.07 bits per heavy atom. The Kier molecular flexibility index (Phi) is 4.88. The molecule has 4 rings (SSSR count). The number of aromatic amines is 1. The molecule has 4 heterocycles. The number of nitrogens with zero attached hydrogens (tertiary/aromatic N) is 3. The third-order valence-corrected chi connectivity index (χ3v) is 4.42. The molecule has 27 heavy (non-hydrogen) atoms. The molecule has 8 heteroatoms. The molecule has 0 spiro atoms. The van der Waals surface area contributed by atoms with E-state index in [-0.39, 0.29) is 12.0 Å². The Hall–Kier alpha value is -3.13. The van der Waals surface area contributed by atoms with Crippen molar-refractivity contribution in [3.05, 3.63) is 54.0 Å². The number of aromatic nitrogens is 3. The summed E-state index contributed by atoms with van der Waals surface area (Å²) in [5, 5.41) is 9.69. The van der Waals surface area contributed by atoms with Crippen LogP contribution in [-0.2, 0) is 11.3 Å². The van der Waals surface area contributed by atoms with E-state index in [0.717, 1.165) is 24.5 Å². The van der Waals surface area contributed by atoms with Gasteiger partial charge in [0, 0.05) is 31.9 Å². The Bertz CT molecular complexity index is 888. The summed E-state index contributed by atoms with van der Waals surface area (Å²) in [6.45, 7) is 4.83. The first-order chi connectivity index (χ1) is 13.2. The highest BCUT2D eigenvalue weighted by atomic mass is 16.5. The first-order valence-electron chi connectivity index (χ1n) is 8.88. The Balaban J connectivity index is 1.34. The minimum Gasteiger partial charge on any atom is -0.463 e. The van der Waals surface area contributed by atoms with Crippen molar-refractivity contribution in [2.24, 2.45) is 0 Å². The maximum Gasteiger partial charge on any atom is 0.272 e. The maximum atomic E-state index is 12.3. The minimum absolute atomic E-state index is 0.208. The molecule has 3 aromatic rings. The zero-order chi connectivity index (χ0) is 18.6. The van der Waals surface area contributed by atoms with Gasteiger partial charge >= 0.3 is 0 Å². The van der Waals surface area contributed by atoms with Gasteiger partial charge in [-0.2, -0.15) is 5.10 Å². The van der Waals surface area contributed by atoms with Gasteiger partial charge in [0.2, 0.25) is 0 Å². The molecule has 1 aliphatic heterocycles. The molecule has 0 saturated carbocycles. The second-order valence-electron chi connectivity index (χ2n) is 6.48. The predicted octanol–water partition coefficient (Wildman–Crippen LogP) is 2.22. The van der Waals surface area contributed by atoms with Gasteiger partial charge in [-0.1, -0.05) is 6.07 Å². The van der Waals surface area contributed by atoms with Crippen LogP contribution >= 0.6 is 0 Å².